The molecule has 0 fully saturated rings. The number of benzene rings is 3. The highest BCUT2D eigenvalue weighted by atomic mass is 19.4. The van der Waals surface area contributed by atoms with Gasteiger partial charge in [-0.15, -0.1) is 0 Å². The number of aliphatic hydroxyl groups is 1. The Labute approximate surface area is 263 Å². The lowest BCUT2D eigenvalue weighted by atomic mass is 9.95. The van der Waals surface area contributed by atoms with Gasteiger partial charge < -0.3 is 10.4 Å². The van der Waals surface area contributed by atoms with Gasteiger partial charge >= 0.3 is 12.4 Å². The number of aliphatic hydroxyl groups excluding tert-OH is 1. The van der Waals surface area contributed by atoms with Crippen LogP contribution in [0.2, 0.25) is 0 Å². The van der Waals surface area contributed by atoms with Crippen molar-refractivity contribution in [2.75, 3.05) is 0 Å². The van der Waals surface area contributed by atoms with E-state index in [0.29, 0.717) is 17.2 Å². The molecule has 0 spiro atoms. The summed E-state index contributed by atoms with van der Waals surface area (Å²) in [5.41, 5.74) is -3.50. The quantitative estimate of drug-likeness (QED) is 0.171. The van der Waals surface area contributed by atoms with Gasteiger partial charge in [0.1, 0.15) is 29.7 Å². The third kappa shape index (κ3) is 10.4. The Kier molecular flexibility index (Phi) is 11.7. The number of halogens is 10. The Balaban J connectivity index is 1.83. The van der Waals surface area contributed by atoms with Gasteiger partial charge in [-0.2, -0.15) is 31.6 Å². The molecule has 254 valence electrons. The van der Waals surface area contributed by atoms with Crippen LogP contribution >= 0.6 is 0 Å². The number of hydrogen-bond acceptors (Lipinski definition) is 4. The number of hydrogen-bond donors (Lipinski definition) is 3. The van der Waals surface area contributed by atoms with E-state index in [1.54, 1.807) is 6.07 Å². The molecular weight excluding hydrogens is 648 g/mol. The van der Waals surface area contributed by atoms with Crippen molar-refractivity contribution in [3.05, 3.63) is 94.8 Å². The zero-order chi connectivity index (χ0) is 35.3. The number of rotatable bonds is 12. The van der Waals surface area contributed by atoms with E-state index in [0.717, 1.165) is 32.0 Å². The first-order chi connectivity index (χ1) is 21.7. The van der Waals surface area contributed by atoms with Crippen molar-refractivity contribution in [3.63, 3.8) is 0 Å². The number of nitrogens with one attached hydrogen (secondary N) is 2. The Morgan fingerprint density at radius 1 is 0.872 bits per heavy atom. The van der Waals surface area contributed by atoms with E-state index < -0.39 is 78.8 Å². The highest BCUT2D eigenvalue weighted by Crippen LogP contribution is 2.36. The van der Waals surface area contributed by atoms with Crippen LogP contribution in [-0.2, 0) is 17.4 Å². The molecule has 0 aliphatic heterocycles. The van der Waals surface area contributed by atoms with Gasteiger partial charge in [0.25, 0.3) is 6.43 Å². The standard InChI is InChI=1S/C32H29F10N3O2/c1-30(2,36)15-25(29(47)44-23(16-43)13-21-11-12-22(14-24(21)33)31(37,38)39)45-27(32(40,41)42)20-9-5-18(6-10-20)17-3-7-19(8-4-17)26(46)28(34)35/h3-12,14,23,25-28,45-46H,13,15H2,1-2H3,(H,44,47)/t23?,25-,26+,27-/m0/s1. The molecule has 4 atom stereocenters. The van der Waals surface area contributed by atoms with E-state index in [1.807, 2.05) is 0 Å². The Hall–Kier alpha value is -4.16. The number of alkyl halides is 9. The van der Waals surface area contributed by atoms with Crippen LogP contribution in [0.3, 0.4) is 0 Å². The summed E-state index contributed by atoms with van der Waals surface area (Å²) >= 11 is 0. The number of carbonyl (C=O) groups is 1. The van der Waals surface area contributed by atoms with Crippen molar-refractivity contribution in [3.8, 4) is 17.2 Å². The monoisotopic (exact) mass is 677 g/mol. The van der Waals surface area contributed by atoms with E-state index in [9.17, 15) is 59.1 Å². The predicted molar refractivity (Wildman–Crippen MR) is 151 cm³/mol. The first kappa shape index (κ1) is 37.3. The lowest BCUT2D eigenvalue weighted by molar-refractivity contribution is -0.161. The van der Waals surface area contributed by atoms with Crippen LogP contribution in [0.4, 0.5) is 43.9 Å². The summed E-state index contributed by atoms with van der Waals surface area (Å²) in [6, 6.07) is 7.16. The fourth-order valence-corrected chi connectivity index (χ4v) is 4.69. The first-order valence-electron chi connectivity index (χ1n) is 13.9. The molecule has 0 aliphatic rings. The molecule has 0 aliphatic carbocycles. The van der Waals surface area contributed by atoms with Crippen molar-refractivity contribution in [2.45, 2.75) is 75.4 Å². The third-order valence-electron chi connectivity index (χ3n) is 7.05. The van der Waals surface area contributed by atoms with Crippen molar-refractivity contribution >= 4 is 5.91 Å². The van der Waals surface area contributed by atoms with E-state index in [2.05, 4.69) is 10.6 Å². The number of nitrogens with zero attached hydrogens (tertiary/aromatic N) is 1. The number of nitriles is 1. The predicted octanol–water partition coefficient (Wildman–Crippen LogP) is 7.76. The number of carbonyl (C=O) groups excluding carboxylic acids is 1. The van der Waals surface area contributed by atoms with Gasteiger partial charge in [-0.05, 0) is 53.8 Å². The zero-order valence-electron chi connectivity index (χ0n) is 24.7. The van der Waals surface area contributed by atoms with Crippen LogP contribution in [0.25, 0.3) is 11.1 Å². The fraction of sp³-hybridized carbons (Fsp3) is 0.375. The normalized spacial score (nSPS) is 15.1. The molecule has 3 rings (SSSR count). The van der Waals surface area contributed by atoms with Crippen LogP contribution in [-0.4, -0.2) is 41.4 Å². The van der Waals surface area contributed by atoms with Gasteiger partial charge in [0.2, 0.25) is 5.91 Å². The maximum absolute atomic E-state index is 14.7. The molecule has 0 bridgehead atoms. The highest BCUT2D eigenvalue weighted by Gasteiger charge is 2.44. The van der Waals surface area contributed by atoms with Crippen molar-refractivity contribution in [1.82, 2.24) is 10.6 Å². The largest absolute Gasteiger partial charge is 0.416 e. The molecule has 0 heterocycles. The Morgan fingerprint density at radius 2 is 1.40 bits per heavy atom. The molecule has 15 heteroatoms. The van der Waals surface area contributed by atoms with Gasteiger partial charge in [0, 0.05) is 12.8 Å². The van der Waals surface area contributed by atoms with Crippen LogP contribution in [0.1, 0.15) is 54.7 Å². The smallest absolute Gasteiger partial charge is 0.382 e. The minimum absolute atomic E-state index is 0.0649. The molecule has 5 nitrogen and oxygen atoms in total. The molecule has 0 aromatic heterocycles. The summed E-state index contributed by atoms with van der Waals surface area (Å²) in [6.07, 6.45) is -16.3. The van der Waals surface area contributed by atoms with Gasteiger partial charge in [0.05, 0.1) is 17.7 Å². The van der Waals surface area contributed by atoms with Gasteiger partial charge in [-0.25, -0.2) is 17.6 Å². The second kappa shape index (κ2) is 14.7. The third-order valence-corrected chi connectivity index (χ3v) is 7.05. The van der Waals surface area contributed by atoms with E-state index in [4.69, 9.17) is 0 Å². The van der Waals surface area contributed by atoms with E-state index in [1.165, 1.54) is 36.4 Å². The molecule has 3 N–H and O–H groups in total. The minimum Gasteiger partial charge on any atom is -0.382 e. The maximum Gasteiger partial charge on any atom is 0.416 e. The molecule has 47 heavy (non-hydrogen) atoms. The summed E-state index contributed by atoms with van der Waals surface area (Å²) < 4.78 is 136. The summed E-state index contributed by atoms with van der Waals surface area (Å²) in [4.78, 5) is 13.1. The molecule has 3 aromatic carbocycles. The summed E-state index contributed by atoms with van der Waals surface area (Å²) in [7, 11) is 0. The number of amides is 1. The zero-order valence-corrected chi connectivity index (χ0v) is 24.7. The van der Waals surface area contributed by atoms with Gasteiger partial charge in [0.15, 0.2) is 0 Å². The second-order valence-corrected chi connectivity index (χ2v) is 11.3. The van der Waals surface area contributed by atoms with Crippen LogP contribution in [0.5, 0.6) is 0 Å². The molecule has 3 aromatic rings. The molecule has 0 saturated heterocycles. The average Bonchev–Trinajstić information content (AvgIpc) is 2.97. The topological polar surface area (TPSA) is 85.2 Å². The summed E-state index contributed by atoms with van der Waals surface area (Å²) in [5, 5.41) is 23.2. The lowest BCUT2D eigenvalue weighted by Crippen LogP contribution is -2.53. The fourth-order valence-electron chi connectivity index (χ4n) is 4.69. The van der Waals surface area contributed by atoms with Crippen molar-refractivity contribution in [1.29, 1.82) is 5.26 Å². The van der Waals surface area contributed by atoms with Crippen LogP contribution in [0.15, 0.2) is 66.7 Å². The van der Waals surface area contributed by atoms with Gasteiger partial charge in [-0.3, -0.25) is 10.1 Å². The molecule has 0 radical (unpaired) electrons. The van der Waals surface area contributed by atoms with Crippen LogP contribution < -0.4 is 10.6 Å². The highest BCUT2D eigenvalue weighted by molar-refractivity contribution is 5.82. The first-order valence-corrected chi connectivity index (χ1v) is 13.9. The Morgan fingerprint density at radius 3 is 1.83 bits per heavy atom. The van der Waals surface area contributed by atoms with E-state index >= 15 is 0 Å². The summed E-state index contributed by atoms with van der Waals surface area (Å²) in [6.45, 7) is 2.02. The van der Waals surface area contributed by atoms with Crippen LogP contribution in [0, 0.1) is 17.1 Å². The Bertz CT molecular complexity index is 1540. The molecule has 1 amide bonds. The summed E-state index contributed by atoms with van der Waals surface area (Å²) in [5.74, 6) is -2.57. The SMILES string of the molecule is CC(C)(F)C[C@H](N[C@@H](c1ccc(-c2ccc([C@@H](O)C(F)F)cc2)cc1)C(F)(F)F)C(=O)NC(C#N)Cc1ccc(C(F)(F)F)cc1F. The van der Waals surface area contributed by atoms with Gasteiger partial charge in [-0.1, -0.05) is 54.6 Å². The maximum atomic E-state index is 14.7. The van der Waals surface area contributed by atoms with Crippen molar-refractivity contribution in [2.24, 2.45) is 0 Å². The second-order valence-electron chi connectivity index (χ2n) is 11.3. The molecular formula is C32H29F10N3O2. The molecule has 1 unspecified atom stereocenters. The lowest BCUT2D eigenvalue weighted by Gasteiger charge is -2.30. The van der Waals surface area contributed by atoms with E-state index in [-0.39, 0.29) is 22.8 Å². The molecule has 0 saturated carbocycles. The van der Waals surface area contributed by atoms with Crippen molar-refractivity contribution < 1.29 is 53.8 Å². The average molecular weight is 678 g/mol. The minimum atomic E-state index is -5.02.